The fourth-order valence-corrected chi connectivity index (χ4v) is 5.38. The van der Waals surface area contributed by atoms with E-state index < -0.39 is 44.2 Å². The van der Waals surface area contributed by atoms with Crippen molar-refractivity contribution in [1.29, 1.82) is 0 Å². The van der Waals surface area contributed by atoms with Crippen LogP contribution in [-0.2, 0) is 19.6 Å². The highest BCUT2D eigenvalue weighted by Crippen LogP contribution is 2.44. The fourth-order valence-electron chi connectivity index (χ4n) is 3.90. The number of morpholine rings is 1. The van der Waals surface area contributed by atoms with Crippen LogP contribution in [0.25, 0.3) is 0 Å². The van der Waals surface area contributed by atoms with E-state index in [1.807, 2.05) is 30.3 Å². The molecule has 1 saturated heterocycles. The molecule has 1 fully saturated rings. The Morgan fingerprint density at radius 2 is 1.88 bits per heavy atom. The number of benzene rings is 2. The van der Waals surface area contributed by atoms with E-state index in [4.69, 9.17) is 16.3 Å². The summed E-state index contributed by atoms with van der Waals surface area (Å²) in [7, 11) is -1.40. The number of aromatic hydroxyl groups is 1. The molecule has 3 atom stereocenters. The molecule has 0 amide bonds. The van der Waals surface area contributed by atoms with Crippen molar-refractivity contribution in [3.05, 3.63) is 64.4 Å². The Morgan fingerprint density at radius 3 is 2.48 bits per heavy atom. The monoisotopic (exact) mass is 493 g/mol. The van der Waals surface area contributed by atoms with E-state index in [9.17, 15) is 23.4 Å². The number of sulfonamides is 1. The Hall–Kier alpha value is -2.63. The zero-order valence-corrected chi connectivity index (χ0v) is 19.7. The summed E-state index contributed by atoms with van der Waals surface area (Å²) in [5, 5.41) is 26.6. The van der Waals surface area contributed by atoms with Gasteiger partial charge >= 0.3 is 0 Å². The van der Waals surface area contributed by atoms with E-state index >= 15 is 0 Å². The highest BCUT2D eigenvalue weighted by atomic mass is 35.5. The largest absolute Gasteiger partial charge is 0.504 e. The minimum atomic E-state index is -4.04. The van der Waals surface area contributed by atoms with Crippen molar-refractivity contribution in [2.75, 3.05) is 26.0 Å². The predicted molar refractivity (Wildman–Crippen MR) is 122 cm³/mol. The molecular formula is C22H24ClN3O6S. The molecule has 0 radical (unpaired) electrons. The summed E-state index contributed by atoms with van der Waals surface area (Å²) in [6.07, 6.45) is -0.913. The number of ether oxygens (including phenoxy) is 1. The number of fused-ring (bicyclic) bond motifs is 1. The number of halogens is 1. The second kappa shape index (κ2) is 8.30. The lowest BCUT2D eigenvalue weighted by molar-refractivity contribution is -0.164. The molecule has 1 aliphatic heterocycles. The summed E-state index contributed by atoms with van der Waals surface area (Å²) >= 11 is 6.06. The lowest BCUT2D eigenvalue weighted by atomic mass is 9.83. The van der Waals surface area contributed by atoms with Gasteiger partial charge in [0.1, 0.15) is 16.2 Å². The number of Topliss-reactive ketones (excluding diaryl/α,β-unsaturated/α-hetero) is 1. The van der Waals surface area contributed by atoms with Crippen LogP contribution in [0.4, 0.5) is 5.69 Å². The van der Waals surface area contributed by atoms with Gasteiger partial charge in [-0.15, -0.1) is 0 Å². The van der Waals surface area contributed by atoms with Crippen LogP contribution in [0.1, 0.15) is 18.5 Å². The lowest BCUT2D eigenvalue weighted by Crippen LogP contribution is -2.62. The number of rotatable bonds is 6. The van der Waals surface area contributed by atoms with Crippen molar-refractivity contribution in [1.82, 2.24) is 9.62 Å². The van der Waals surface area contributed by atoms with Crippen molar-refractivity contribution < 1.29 is 28.2 Å². The topological polar surface area (TPSA) is 128 Å². The van der Waals surface area contributed by atoms with Crippen molar-refractivity contribution >= 4 is 33.1 Å². The number of phenols is 1. The maximum absolute atomic E-state index is 12.8. The smallest absolute Gasteiger partial charge is 0.247 e. The number of aliphatic hydroxyl groups excluding tert-OH is 1. The van der Waals surface area contributed by atoms with E-state index in [2.05, 4.69) is 10.6 Å². The summed E-state index contributed by atoms with van der Waals surface area (Å²) in [6, 6.07) is 11.6. The predicted octanol–water partition coefficient (Wildman–Crippen LogP) is 1.98. The van der Waals surface area contributed by atoms with Crippen LogP contribution >= 0.6 is 11.6 Å². The molecule has 0 spiro atoms. The molecule has 9 nitrogen and oxygen atoms in total. The average Bonchev–Trinajstić information content (AvgIpc) is 2.79. The number of hydrogen-bond acceptors (Lipinski definition) is 8. The van der Waals surface area contributed by atoms with Gasteiger partial charge in [-0.3, -0.25) is 4.79 Å². The number of aliphatic hydroxyl groups is 1. The van der Waals surface area contributed by atoms with Gasteiger partial charge in [-0.1, -0.05) is 41.9 Å². The molecule has 1 aliphatic carbocycles. The summed E-state index contributed by atoms with van der Waals surface area (Å²) in [5.74, 6) is -0.993. The summed E-state index contributed by atoms with van der Waals surface area (Å²) in [6.45, 7) is 1.40. The van der Waals surface area contributed by atoms with Crippen LogP contribution < -0.4 is 10.6 Å². The van der Waals surface area contributed by atoms with Gasteiger partial charge < -0.3 is 25.6 Å². The standard InChI is InChI=1S/C22H24ClN3O6S/c1-22(11-27)21(12-7-5-4-6-8-12)25-16-15(18(29)19(16)32-22)24-14-10-9-13(23)20(17(14)28)33(30,31)26(2)3/h4-10,19,21,24-25,27-28H,11H2,1-3H3. The summed E-state index contributed by atoms with van der Waals surface area (Å²) in [4.78, 5) is 12.4. The molecular weight excluding hydrogens is 470 g/mol. The van der Waals surface area contributed by atoms with Crippen molar-refractivity contribution in [2.45, 2.75) is 29.6 Å². The molecule has 3 unspecified atom stereocenters. The number of hydrogen-bond donors (Lipinski definition) is 4. The number of anilines is 1. The van der Waals surface area contributed by atoms with Gasteiger partial charge in [-0.2, -0.15) is 0 Å². The molecule has 2 aromatic rings. The first-order valence-electron chi connectivity index (χ1n) is 10.1. The number of phenolic OH excluding ortho intramolecular Hbond substituents is 1. The molecule has 0 saturated carbocycles. The average molecular weight is 494 g/mol. The minimum absolute atomic E-state index is 0.00248. The molecule has 0 aromatic heterocycles. The van der Waals surface area contributed by atoms with Crippen LogP contribution in [0.2, 0.25) is 5.02 Å². The third-order valence-corrected chi connectivity index (χ3v) is 8.16. The number of ketones is 1. The van der Waals surface area contributed by atoms with Crippen LogP contribution in [0.3, 0.4) is 0 Å². The van der Waals surface area contributed by atoms with Crippen molar-refractivity contribution in [2.24, 2.45) is 0 Å². The van der Waals surface area contributed by atoms with Gasteiger partial charge in [0.15, 0.2) is 11.9 Å². The zero-order chi connectivity index (χ0) is 24.1. The first-order chi connectivity index (χ1) is 15.5. The quantitative estimate of drug-likeness (QED) is 0.450. The minimum Gasteiger partial charge on any atom is -0.504 e. The third-order valence-electron chi connectivity index (χ3n) is 5.84. The van der Waals surface area contributed by atoms with Gasteiger partial charge in [-0.25, -0.2) is 12.7 Å². The van der Waals surface area contributed by atoms with E-state index in [0.29, 0.717) is 5.70 Å². The Bertz CT molecular complexity index is 1250. The molecule has 176 valence electrons. The van der Waals surface area contributed by atoms with Gasteiger partial charge in [-0.05, 0) is 24.6 Å². The van der Waals surface area contributed by atoms with Crippen LogP contribution in [0, 0.1) is 0 Å². The highest BCUT2D eigenvalue weighted by Gasteiger charge is 2.53. The molecule has 33 heavy (non-hydrogen) atoms. The first kappa shape index (κ1) is 23.5. The summed E-state index contributed by atoms with van der Waals surface area (Å²) < 4.78 is 32.1. The Labute approximate surface area is 196 Å². The number of nitrogens with zero attached hydrogens (tertiary/aromatic N) is 1. The number of nitrogens with one attached hydrogen (secondary N) is 2. The molecule has 2 aromatic carbocycles. The Kier molecular flexibility index (Phi) is 5.92. The normalized spacial score (nSPS) is 24.8. The zero-order valence-electron chi connectivity index (χ0n) is 18.2. The number of carbonyl (C=O) groups is 1. The SMILES string of the molecule is CN(C)S(=O)(=O)c1c(Cl)ccc(NC2=C3NC(c4ccccc4)C(C)(CO)OC3C2=O)c1O. The molecule has 1 heterocycles. The van der Waals surface area contributed by atoms with E-state index in [1.54, 1.807) is 6.92 Å². The van der Waals surface area contributed by atoms with Gasteiger partial charge in [0, 0.05) is 14.1 Å². The molecule has 4 rings (SSSR count). The maximum Gasteiger partial charge on any atom is 0.247 e. The van der Waals surface area contributed by atoms with Crippen LogP contribution in [0.15, 0.2) is 58.8 Å². The van der Waals surface area contributed by atoms with Gasteiger partial charge in [0.25, 0.3) is 0 Å². The molecule has 11 heteroatoms. The molecule has 2 aliphatic rings. The maximum atomic E-state index is 12.8. The third kappa shape index (κ3) is 3.77. The van der Waals surface area contributed by atoms with E-state index in [1.165, 1.54) is 26.2 Å². The number of carbonyl (C=O) groups excluding carboxylic acids is 1. The summed E-state index contributed by atoms with van der Waals surface area (Å²) in [5.41, 5.74) is 0.388. The molecule has 0 bridgehead atoms. The van der Waals surface area contributed by atoms with Crippen molar-refractivity contribution in [3.63, 3.8) is 0 Å². The Morgan fingerprint density at radius 1 is 1.21 bits per heavy atom. The lowest BCUT2D eigenvalue weighted by Gasteiger charge is -2.49. The van der Waals surface area contributed by atoms with E-state index in [-0.39, 0.29) is 23.0 Å². The second-order valence-corrected chi connectivity index (χ2v) is 10.8. The van der Waals surface area contributed by atoms with Crippen LogP contribution in [-0.4, -0.2) is 61.1 Å². The highest BCUT2D eigenvalue weighted by molar-refractivity contribution is 7.89. The van der Waals surface area contributed by atoms with E-state index in [0.717, 1.165) is 9.87 Å². The fraction of sp³-hybridized carbons (Fsp3) is 0.318. The Balaban J connectivity index is 1.72. The first-order valence-corrected chi connectivity index (χ1v) is 11.9. The second-order valence-electron chi connectivity index (χ2n) is 8.29. The van der Waals surface area contributed by atoms with Gasteiger partial charge in [0.05, 0.1) is 29.1 Å². The van der Waals surface area contributed by atoms with Crippen molar-refractivity contribution in [3.8, 4) is 5.75 Å². The van der Waals surface area contributed by atoms with Gasteiger partial charge in [0.2, 0.25) is 15.8 Å². The van der Waals surface area contributed by atoms with Crippen LogP contribution in [0.5, 0.6) is 5.75 Å². The molecule has 4 N–H and O–H groups in total.